The van der Waals surface area contributed by atoms with Crippen LogP contribution in [0.15, 0.2) is 36.8 Å². The molecule has 1 aliphatic heterocycles. The summed E-state index contributed by atoms with van der Waals surface area (Å²) < 4.78 is 2.11. The average molecular weight is 281 g/mol. The number of aryl methyl sites for hydroxylation is 1. The molecule has 0 spiro atoms. The van der Waals surface area contributed by atoms with E-state index in [-0.39, 0.29) is 17.9 Å². The summed E-state index contributed by atoms with van der Waals surface area (Å²) in [5.41, 5.74) is 4.00. The van der Waals surface area contributed by atoms with Crippen LogP contribution < -0.4 is 5.32 Å². The van der Waals surface area contributed by atoms with Crippen LogP contribution in [0.2, 0.25) is 0 Å². The van der Waals surface area contributed by atoms with E-state index in [9.17, 15) is 4.79 Å². The molecule has 4 rings (SSSR count). The highest BCUT2D eigenvalue weighted by molar-refractivity contribution is 5.79. The van der Waals surface area contributed by atoms with E-state index >= 15 is 0 Å². The SMILES string of the molecule is O=C(NC1Cc2ccccc2C1)C1CCc2cncn2C1. The van der Waals surface area contributed by atoms with Crippen LogP contribution in [0, 0.1) is 5.92 Å². The summed E-state index contributed by atoms with van der Waals surface area (Å²) in [5, 5.41) is 3.25. The van der Waals surface area contributed by atoms with Gasteiger partial charge >= 0.3 is 0 Å². The second kappa shape index (κ2) is 5.02. The number of carbonyl (C=O) groups is 1. The van der Waals surface area contributed by atoms with Crippen molar-refractivity contribution in [3.63, 3.8) is 0 Å². The van der Waals surface area contributed by atoms with Crippen LogP contribution in [0.25, 0.3) is 0 Å². The molecule has 2 aliphatic rings. The standard InChI is InChI=1S/C17H19N3O/c21-17(14-5-6-16-9-18-11-20(16)10-14)19-15-7-12-3-1-2-4-13(12)8-15/h1-4,9,11,14-15H,5-8,10H2,(H,19,21). The van der Waals surface area contributed by atoms with Gasteiger partial charge in [-0.1, -0.05) is 24.3 Å². The molecule has 0 bridgehead atoms. The first-order valence-corrected chi connectivity index (χ1v) is 7.66. The van der Waals surface area contributed by atoms with Crippen LogP contribution in [0.4, 0.5) is 0 Å². The van der Waals surface area contributed by atoms with E-state index in [0.29, 0.717) is 0 Å². The molecule has 108 valence electrons. The molecule has 0 fully saturated rings. The third kappa shape index (κ3) is 2.35. The van der Waals surface area contributed by atoms with Gasteiger partial charge < -0.3 is 9.88 Å². The van der Waals surface area contributed by atoms with E-state index in [1.54, 1.807) is 0 Å². The molecule has 4 heteroatoms. The van der Waals surface area contributed by atoms with Crippen molar-refractivity contribution in [2.24, 2.45) is 5.92 Å². The minimum Gasteiger partial charge on any atom is -0.352 e. The molecule has 1 unspecified atom stereocenters. The smallest absolute Gasteiger partial charge is 0.225 e. The van der Waals surface area contributed by atoms with Gasteiger partial charge in [0.15, 0.2) is 0 Å². The molecular formula is C17H19N3O. The van der Waals surface area contributed by atoms with E-state index in [4.69, 9.17) is 0 Å². The van der Waals surface area contributed by atoms with Crippen LogP contribution in [-0.4, -0.2) is 21.5 Å². The molecule has 21 heavy (non-hydrogen) atoms. The quantitative estimate of drug-likeness (QED) is 0.911. The molecule has 2 heterocycles. The molecule has 1 N–H and O–H groups in total. The molecule has 0 saturated heterocycles. The van der Waals surface area contributed by atoms with Gasteiger partial charge in [0.2, 0.25) is 5.91 Å². The minimum atomic E-state index is 0.0791. The number of nitrogens with one attached hydrogen (secondary N) is 1. The Kier molecular flexibility index (Phi) is 3.02. The number of fused-ring (bicyclic) bond motifs is 2. The Hall–Kier alpha value is -2.10. The van der Waals surface area contributed by atoms with Crippen molar-refractivity contribution >= 4 is 5.91 Å². The van der Waals surface area contributed by atoms with Gasteiger partial charge in [0.25, 0.3) is 0 Å². The van der Waals surface area contributed by atoms with Crippen LogP contribution in [0.3, 0.4) is 0 Å². The fourth-order valence-electron chi connectivity index (χ4n) is 3.57. The van der Waals surface area contributed by atoms with Gasteiger partial charge in [0, 0.05) is 24.5 Å². The lowest BCUT2D eigenvalue weighted by Gasteiger charge is -2.24. The summed E-state index contributed by atoms with van der Waals surface area (Å²) in [5.74, 6) is 0.280. The number of carbonyl (C=O) groups excluding carboxylic acids is 1. The molecule has 0 radical (unpaired) electrons. The average Bonchev–Trinajstić information content (AvgIpc) is 3.11. The van der Waals surface area contributed by atoms with Gasteiger partial charge in [-0.2, -0.15) is 0 Å². The fraction of sp³-hybridized carbons (Fsp3) is 0.412. The summed E-state index contributed by atoms with van der Waals surface area (Å²) in [6.07, 6.45) is 7.54. The molecule has 4 nitrogen and oxygen atoms in total. The lowest BCUT2D eigenvalue weighted by atomic mass is 9.97. The molecule has 1 aromatic heterocycles. The van der Waals surface area contributed by atoms with Gasteiger partial charge in [-0.3, -0.25) is 4.79 Å². The summed E-state index contributed by atoms with van der Waals surface area (Å²) in [7, 11) is 0. The summed E-state index contributed by atoms with van der Waals surface area (Å²) in [6.45, 7) is 0.765. The van der Waals surface area contributed by atoms with E-state index < -0.39 is 0 Å². The second-order valence-electron chi connectivity index (χ2n) is 6.16. The van der Waals surface area contributed by atoms with Gasteiger partial charge in [-0.15, -0.1) is 0 Å². The highest BCUT2D eigenvalue weighted by Crippen LogP contribution is 2.23. The Balaban J connectivity index is 1.40. The number of nitrogens with zero attached hydrogens (tertiary/aromatic N) is 2. The molecule has 2 aromatic rings. The van der Waals surface area contributed by atoms with Crippen LogP contribution in [0.1, 0.15) is 23.2 Å². The fourth-order valence-corrected chi connectivity index (χ4v) is 3.57. The van der Waals surface area contributed by atoms with Crippen molar-refractivity contribution in [3.8, 4) is 0 Å². The normalized spacial score (nSPS) is 20.9. The Labute approximate surface area is 124 Å². The van der Waals surface area contributed by atoms with Crippen molar-refractivity contribution in [3.05, 3.63) is 53.6 Å². The largest absolute Gasteiger partial charge is 0.352 e. The zero-order valence-corrected chi connectivity index (χ0v) is 12.0. The highest BCUT2D eigenvalue weighted by Gasteiger charge is 2.28. The number of rotatable bonds is 2. The Morgan fingerprint density at radius 2 is 2.00 bits per heavy atom. The minimum absolute atomic E-state index is 0.0791. The summed E-state index contributed by atoms with van der Waals surface area (Å²) >= 11 is 0. The van der Waals surface area contributed by atoms with Crippen LogP contribution in [-0.2, 0) is 30.6 Å². The first-order valence-electron chi connectivity index (χ1n) is 7.66. The Morgan fingerprint density at radius 1 is 1.24 bits per heavy atom. The summed E-state index contributed by atoms with van der Waals surface area (Å²) in [4.78, 5) is 16.7. The Bertz CT molecular complexity index is 651. The van der Waals surface area contributed by atoms with Crippen molar-refractivity contribution < 1.29 is 4.79 Å². The van der Waals surface area contributed by atoms with Crippen LogP contribution in [0.5, 0.6) is 0 Å². The molecule has 1 atom stereocenters. The lowest BCUT2D eigenvalue weighted by Crippen LogP contribution is -2.42. The predicted octanol–water partition coefficient (Wildman–Crippen LogP) is 1.73. The molecule has 1 amide bonds. The number of imidazole rings is 1. The molecular weight excluding hydrogens is 262 g/mol. The van der Waals surface area contributed by atoms with E-state index in [0.717, 1.165) is 32.2 Å². The first kappa shape index (κ1) is 12.6. The molecule has 0 saturated carbocycles. The summed E-state index contributed by atoms with van der Waals surface area (Å²) in [6, 6.07) is 8.74. The van der Waals surface area contributed by atoms with Crippen molar-refractivity contribution in [1.82, 2.24) is 14.9 Å². The predicted molar refractivity (Wildman–Crippen MR) is 79.8 cm³/mol. The zero-order valence-electron chi connectivity index (χ0n) is 12.0. The van der Waals surface area contributed by atoms with Crippen molar-refractivity contribution in [2.45, 2.75) is 38.3 Å². The maximum Gasteiger partial charge on any atom is 0.225 e. The number of hydrogen-bond donors (Lipinski definition) is 1. The zero-order chi connectivity index (χ0) is 14.2. The van der Waals surface area contributed by atoms with Gasteiger partial charge in [0.05, 0.1) is 12.2 Å². The lowest BCUT2D eigenvalue weighted by molar-refractivity contribution is -0.126. The number of benzene rings is 1. The van der Waals surface area contributed by atoms with Crippen LogP contribution >= 0.6 is 0 Å². The first-order chi connectivity index (χ1) is 10.3. The Morgan fingerprint density at radius 3 is 2.76 bits per heavy atom. The molecule has 1 aromatic carbocycles. The number of aromatic nitrogens is 2. The number of hydrogen-bond acceptors (Lipinski definition) is 2. The van der Waals surface area contributed by atoms with E-state index in [1.165, 1.54) is 16.8 Å². The van der Waals surface area contributed by atoms with Gasteiger partial charge in [-0.05, 0) is 36.8 Å². The number of amides is 1. The van der Waals surface area contributed by atoms with Crippen molar-refractivity contribution in [2.75, 3.05) is 0 Å². The third-order valence-electron chi connectivity index (χ3n) is 4.73. The second-order valence-corrected chi connectivity index (χ2v) is 6.16. The maximum absolute atomic E-state index is 12.5. The van der Waals surface area contributed by atoms with Gasteiger partial charge in [-0.25, -0.2) is 4.98 Å². The van der Waals surface area contributed by atoms with Crippen molar-refractivity contribution in [1.29, 1.82) is 0 Å². The van der Waals surface area contributed by atoms with E-state index in [1.807, 2.05) is 12.5 Å². The monoisotopic (exact) mass is 281 g/mol. The van der Waals surface area contributed by atoms with E-state index in [2.05, 4.69) is 39.1 Å². The molecule has 1 aliphatic carbocycles. The highest BCUT2D eigenvalue weighted by atomic mass is 16.2. The third-order valence-corrected chi connectivity index (χ3v) is 4.73. The maximum atomic E-state index is 12.5. The topological polar surface area (TPSA) is 46.9 Å². The van der Waals surface area contributed by atoms with Gasteiger partial charge in [0.1, 0.15) is 0 Å².